The van der Waals surface area contributed by atoms with Crippen LogP contribution in [0.15, 0.2) is 71.7 Å². The third-order valence-corrected chi connectivity index (χ3v) is 5.57. The molecule has 0 atom stereocenters. The molecule has 9 nitrogen and oxygen atoms in total. The van der Waals surface area contributed by atoms with E-state index in [-0.39, 0.29) is 23.0 Å². The van der Waals surface area contributed by atoms with Gasteiger partial charge in [-0.25, -0.2) is 14.8 Å². The Balaban J connectivity index is 1.43. The third kappa shape index (κ3) is 7.69. The average molecular weight is 555 g/mol. The molecule has 1 aliphatic rings. The number of ether oxygens (including phenoxy) is 1. The lowest BCUT2D eigenvalue weighted by atomic mass is 10.0. The van der Waals surface area contributed by atoms with Crippen LogP contribution in [-0.2, 0) is 10.9 Å². The van der Waals surface area contributed by atoms with Crippen molar-refractivity contribution in [1.29, 1.82) is 0 Å². The van der Waals surface area contributed by atoms with E-state index >= 15 is 0 Å². The number of benzene rings is 1. The molecule has 2 N–H and O–H groups in total. The minimum Gasteiger partial charge on any atom is -0.378 e. The number of halogens is 4. The second-order valence-corrected chi connectivity index (χ2v) is 8.51. The maximum Gasteiger partial charge on any atom is 0.416 e. The topological polar surface area (TPSA) is 99.9 Å². The van der Waals surface area contributed by atoms with Crippen LogP contribution in [0.3, 0.4) is 0 Å². The summed E-state index contributed by atoms with van der Waals surface area (Å²) in [4.78, 5) is 18.1. The Bertz CT molecular complexity index is 1420. The van der Waals surface area contributed by atoms with Gasteiger partial charge in [0.05, 0.1) is 48.8 Å². The van der Waals surface area contributed by atoms with E-state index in [0.29, 0.717) is 43.3 Å². The third-order valence-electron chi connectivity index (χ3n) is 5.57. The Hall–Kier alpha value is -4.65. The van der Waals surface area contributed by atoms with Crippen LogP contribution in [0.4, 0.5) is 40.7 Å². The lowest BCUT2D eigenvalue weighted by Gasteiger charge is -2.27. The molecule has 0 radical (unpaired) electrons. The van der Waals surface area contributed by atoms with Gasteiger partial charge < -0.3 is 15.0 Å². The van der Waals surface area contributed by atoms with Gasteiger partial charge in [0.15, 0.2) is 11.6 Å². The summed E-state index contributed by atoms with van der Waals surface area (Å²) in [5.41, 5.74) is 3.54. The number of pyridine rings is 1. The fraction of sp³-hybridized carbons (Fsp3) is 0.222. The van der Waals surface area contributed by atoms with Crippen molar-refractivity contribution >= 4 is 41.1 Å². The summed E-state index contributed by atoms with van der Waals surface area (Å²) in [6.45, 7) is 7.59. The monoisotopic (exact) mass is 554 g/mol. The molecule has 4 rings (SSSR count). The van der Waals surface area contributed by atoms with Crippen LogP contribution in [0.5, 0.6) is 0 Å². The Morgan fingerprint density at radius 1 is 1.10 bits per heavy atom. The van der Waals surface area contributed by atoms with E-state index in [1.807, 2.05) is 0 Å². The number of aromatic nitrogens is 3. The first-order chi connectivity index (χ1) is 19.2. The number of hydrazone groups is 1. The Morgan fingerprint density at radius 3 is 2.60 bits per heavy atom. The normalized spacial score (nSPS) is 14.4. The van der Waals surface area contributed by atoms with Crippen LogP contribution in [0, 0.1) is 5.82 Å². The molecule has 0 unspecified atom stereocenters. The quantitative estimate of drug-likeness (QED) is 0.200. The van der Waals surface area contributed by atoms with Gasteiger partial charge in [-0.2, -0.15) is 23.3 Å². The number of aliphatic imine (C=N–C) groups is 1. The van der Waals surface area contributed by atoms with Gasteiger partial charge >= 0.3 is 6.18 Å². The molecular formula is C27H26F4N8O. The SMILES string of the molecule is C=C(C=N/C=C\C)c1cc(Nc2ccc(/C=N/Nc3ncc(F)c(N4CCOCC4)n3)nc2)cc(C(F)(F)F)c1. The van der Waals surface area contributed by atoms with E-state index in [2.05, 4.69) is 42.4 Å². The molecule has 1 fully saturated rings. The van der Waals surface area contributed by atoms with Crippen LogP contribution < -0.4 is 15.6 Å². The molecule has 13 heteroatoms. The predicted molar refractivity (Wildman–Crippen MR) is 148 cm³/mol. The number of hydrogen-bond acceptors (Lipinski definition) is 9. The first-order valence-electron chi connectivity index (χ1n) is 12.2. The van der Waals surface area contributed by atoms with Crippen molar-refractivity contribution in [3.63, 3.8) is 0 Å². The number of allylic oxidation sites excluding steroid dienone is 2. The molecular weight excluding hydrogens is 528 g/mol. The Labute approximate surface area is 228 Å². The van der Waals surface area contributed by atoms with Crippen molar-refractivity contribution in [2.75, 3.05) is 41.9 Å². The smallest absolute Gasteiger partial charge is 0.378 e. The molecule has 3 aromatic rings. The average Bonchev–Trinajstić information content (AvgIpc) is 2.95. The first-order valence-corrected chi connectivity index (χ1v) is 12.2. The molecule has 0 amide bonds. The second-order valence-electron chi connectivity index (χ2n) is 8.51. The van der Waals surface area contributed by atoms with Gasteiger partial charge in [0.1, 0.15) is 0 Å². The molecule has 0 saturated carbocycles. The molecule has 3 heterocycles. The van der Waals surface area contributed by atoms with E-state index in [1.54, 1.807) is 36.1 Å². The number of hydrogen-bond donors (Lipinski definition) is 2. The van der Waals surface area contributed by atoms with Crippen LogP contribution in [0.1, 0.15) is 23.7 Å². The van der Waals surface area contributed by atoms with E-state index in [4.69, 9.17) is 4.74 Å². The van der Waals surface area contributed by atoms with Crippen molar-refractivity contribution in [3.8, 4) is 0 Å². The highest BCUT2D eigenvalue weighted by Crippen LogP contribution is 2.34. The number of morpholine rings is 1. The largest absolute Gasteiger partial charge is 0.416 e. The van der Waals surface area contributed by atoms with Crippen molar-refractivity contribution in [1.82, 2.24) is 15.0 Å². The number of anilines is 4. The van der Waals surface area contributed by atoms with Gasteiger partial charge in [0, 0.05) is 31.2 Å². The highest BCUT2D eigenvalue weighted by molar-refractivity contribution is 6.09. The zero-order valence-corrected chi connectivity index (χ0v) is 21.5. The highest BCUT2D eigenvalue weighted by atomic mass is 19.4. The zero-order valence-electron chi connectivity index (χ0n) is 21.5. The summed E-state index contributed by atoms with van der Waals surface area (Å²) in [6, 6.07) is 6.84. The molecule has 1 saturated heterocycles. The highest BCUT2D eigenvalue weighted by Gasteiger charge is 2.31. The second kappa shape index (κ2) is 12.9. The summed E-state index contributed by atoms with van der Waals surface area (Å²) >= 11 is 0. The molecule has 40 heavy (non-hydrogen) atoms. The van der Waals surface area contributed by atoms with Gasteiger partial charge in [0.25, 0.3) is 0 Å². The van der Waals surface area contributed by atoms with Crippen LogP contribution in [-0.4, -0.2) is 53.7 Å². The summed E-state index contributed by atoms with van der Waals surface area (Å²) in [5.74, 6) is -0.272. The van der Waals surface area contributed by atoms with Crippen molar-refractivity contribution in [2.45, 2.75) is 13.1 Å². The Kier molecular flexibility index (Phi) is 9.17. The van der Waals surface area contributed by atoms with Gasteiger partial charge in [-0.1, -0.05) is 12.7 Å². The minimum absolute atomic E-state index is 0.107. The lowest BCUT2D eigenvalue weighted by Crippen LogP contribution is -2.37. The fourth-order valence-electron chi connectivity index (χ4n) is 3.63. The molecule has 0 aliphatic carbocycles. The first kappa shape index (κ1) is 28.4. The minimum atomic E-state index is -4.55. The summed E-state index contributed by atoms with van der Waals surface area (Å²) in [7, 11) is 0. The lowest BCUT2D eigenvalue weighted by molar-refractivity contribution is -0.137. The van der Waals surface area contributed by atoms with E-state index in [9.17, 15) is 17.6 Å². The number of nitrogens with zero attached hydrogens (tertiary/aromatic N) is 6. The van der Waals surface area contributed by atoms with Crippen molar-refractivity contribution in [2.24, 2.45) is 10.1 Å². The number of rotatable bonds is 9. The molecule has 0 spiro atoms. The van der Waals surface area contributed by atoms with Crippen LogP contribution in [0.2, 0.25) is 0 Å². The summed E-state index contributed by atoms with van der Waals surface area (Å²) < 4.78 is 60.0. The van der Waals surface area contributed by atoms with E-state index in [1.165, 1.54) is 24.8 Å². The molecule has 1 aromatic carbocycles. The number of alkyl halides is 3. The summed E-state index contributed by atoms with van der Waals surface area (Å²) in [6.07, 6.45) is 3.98. The maximum absolute atomic E-state index is 14.2. The van der Waals surface area contributed by atoms with E-state index in [0.717, 1.165) is 18.3 Å². The fourth-order valence-corrected chi connectivity index (χ4v) is 3.63. The Morgan fingerprint density at radius 2 is 1.90 bits per heavy atom. The maximum atomic E-state index is 14.2. The van der Waals surface area contributed by atoms with Crippen LogP contribution in [0.25, 0.3) is 5.57 Å². The van der Waals surface area contributed by atoms with Gasteiger partial charge in [-0.3, -0.25) is 9.98 Å². The number of nitrogens with one attached hydrogen (secondary N) is 2. The van der Waals surface area contributed by atoms with E-state index < -0.39 is 17.6 Å². The van der Waals surface area contributed by atoms with Crippen LogP contribution >= 0.6 is 0 Å². The predicted octanol–water partition coefficient (Wildman–Crippen LogP) is 5.67. The zero-order chi connectivity index (χ0) is 28.5. The van der Waals surface area contributed by atoms with Crippen molar-refractivity contribution < 1.29 is 22.3 Å². The molecule has 1 aliphatic heterocycles. The van der Waals surface area contributed by atoms with Gasteiger partial charge in [-0.15, -0.1) is 0 Å². The van der Waals surface area contributed by atoms with Crippen molar-refractivity contribution in [3.05, 3.63) is 84.2 Å². The molecule has 2 aromatic heterocycles. The molecule has 0 bridgehead atoms. The summed E-state index contributed by atoms with van der Waals surface area (Å²) in [5, 5.41) is 6.98. The molecule has 208 valence electrons. The van der Waals surface area contributed by atoms with Gasteiger partial charge in [0.2, 0.25) is 5.95 Å². The standard InChI is InChI=1S/C27H26F4N8O/c1-3-6-32-14-18(2)19-11-20(27(29,30)31)13-23(12-19)36-22-5-4-21(33-15-22)16-35-38-26-34-17-24(28)25(37-26)39-7-9-40-10-8-39/h3-6,11-17,36H,2,7-10H2,1H3,(H,34,37,38)/b6-3-,32-14?,35-16+. The van der Waals surface area contributed by atoms with Gasteiger partial charge in [-0.05, 0) is 48.4 Å².